The number of carboxylic acids is 1. The van der Waals surface area contributed by atoms with Gasteiger partial charge in [0.15, 0.2) is 0 Å². The number of benzene rings is 1. The fourth-order valence-electron chi connectivity index (χ4n) is 3.05. The van der Waals surface area contributed by atoms with Gasteiger partial charge in [-0.15, -0.1) is 0 Å². The normalized spacial score (nSPS) is 15.4. The van der Waals surface area contributed by atoms with Crippen molar-refractivity contribution in [1.82, 2.24) is 9.88 Å². The predicted octanol–water partition coefficient (Wildman–Crippen LogP) is 2.29. The monoisotopic (exact) mass is 354 g/mol. The van der Waals surface area contributed by atoms with Gasteiger partial charge < -0.3 is 15.7 Å². The van der Waals surface area contributed by atoms with E-state index in [1.165, 1.54) is 0 Å². The van der Waals surface area contributed by atoms with Crippen LogP contribution in [0.3, 0.4) is 0 Å². The summed E-state index contributed by atoms with van der Waals surface area (Å²) < 4.78 is 0. The number of nitrogens with one attached hydrogen (secondary N) is 2. The minimum atomic E-state index is -0.990. The average molecular weight is 354 g/mol. The molecular formula is C19H22N4O3. The van der Waals surface area contributed by atoms with Crippen LogP contribution >= 0.6 is 0 Å². The van der Waals surface area contributed by atoms with Gasteiger partial charge >= 0.3 is 5.97 Å². The van der Waals surface area contributed by atoms with E-state index in [-0.39, 0.29) is 17.5 Å². The number of carbonyl (C=O) groups excluding carboxylic acids is 1. The standard InChI is InChI=1S/C19H22N4O3/c24-17(21-14-5-2-1-3-6-14)13-23-11-8-15(9-12-23)22-18-16(19(25)26)7-4-10-20-18/h1-7,10,15H,8-9,11-13H2,(H,20,22)(H,21,24)(H,25,26). The van der Waals surface area contributed by atoms with Gasteiger partial charge in [0.1, 0.15) is 11.4 Å². The summed E-state index contributed by atoms with van der Waals surface area (Å²) in [5.74, 6) is -0.614. The number of carbonyl (C=O) groups is 2. The number of nitrogens with zero attached hydrogens (tertiary/aromatic N) is 2. The summed E-state index contributed by atoms with van der Waals surface area (Å²) >= 11 is 0. The number of aromatic carboxylic acids is 1. The van der Waals surface area contributed by atoms with E-state index in [9.17, 15) is 14.7 Å². The van der Waals surface area contributed by atoms with Crippen molar-refractivity contribution in [3.05, 3.63) is 54.2 Å². The van der Waals surface area contributed by atoms with E-state index in [4.69, 9.17) is 0 Å². The molecular weight excluding hydrogens is 332 g/mol. The maximum Gasteiger partial charge on any atom is 0.339 e. The maximum absolute atomic E-state index is 12.1. The van der Waals surface area contributed by atoms with Crippen LogP contribution in [0.5, 0.6) is 0 Å². The highest BCUT2D eigenvalue weighted by Gasteiger charge is 2.22. The highest BCUT2D eigenvalue weighted by molar-refractivity contribution is 5.93. The summed E-state index contributed by atoms with van der Waals surface area (Å²) in [6.45, 7) is 1.90. The second-order valence-electron chi connectivity index (χ2n) is 6.31. The van der Waals surface area contributed by atoms with Gasteiger partial charge in [-0.05, 0) is 37.1 Å². The lowest BCUT2D eigenvalue weighted by Gasteiger charge is -2.32. The number of carboxylic acid groups (broad SMARTS) is 1. The molecule has 1 aromatic heterocycles. The number of para-hydroxylation sites is 1. The van der Waals surface area contributed by atoms with Crippen molar-refractivity contribution in [3.8, 4) is 0 Å². The molecule has 0 aliphatic carbocycles. The number of hydrogen-bond acceptors (Lipinski definition) is 5. The van der Waals surface area contributed by atoms with Gasteiger partial charge in [0.05, 0.1) is 6.54 Å². The molecule has 1 saturated heterocycles. The van der Waals surface area contributed by atoms with Crippen molar-refractivity contribution in [1.29, 1.82) is 0 Å². The second kappa shape index (κ2) is 8.44. The fraction of sp³-hybridized carbons (Fsp3) is 0.316. The molecule has 2 aromatic rings. The Morgan fingerprint density at radius 1 is 1.12 bits per heavy atom. The van der Waals surface area contributed by atoms with Crippen molar-refractivity contribution in [2.45, 2.75) is 18.9 Å². The largest absolute Gasteiger partial charge is 0.478 e. The maximum atomic E-state index is 12.1. The Bertz CT molecular complexity index is 758. The van der Waals surface area contributed by atoms with E-state index in [1.807, 2.05) is 30.3 Å². The molecule has 1 aliphatic rings. The van der Waals surface area contributed by atoms with Crippen molar-refractivity contribution >= 4 is 23.4 Å². The Balaban J connectivity index is 1.47. The zero-order valence-electron chi connectivity index (χ0n) is 14.4. The first-order valence-electron chi connectivity index (χ1n) is 8.64. The Morgan fingerprint density at radius 3 is 2.54 bits per heavy atom. The molecule has 3 N–H and O–H groups in total. The number of hydrogen-bond donors (Lipinski definition) is 3. The summed E-state index contributed by atoms with van der Waals surface area (Å²) in [4.78, 5) is 29.6. The number of rotatable bonds is 6. The predicted molar refractivity (Wildman–Crippen MR) is 99.4 cm³/mol. The number of likely N-dealkylation sites (tertiary alicyclic amines) is 1. The van der Waals surface area contributed by atoms with E-state index in [1.54, 1.807) is 18.3 Å². The number of anilines is 2. The number of aromatic nitrogens is 1. The van der Waals surface area contributed by atoms with E-state index in [0.717, 1.165) is 31.6 Å². The summed E-state index contributed by atoms with van der Waals surface area (Å²) in [6.07, 6.45) is 3.24. The molecule has 136 valence electrons. The van der Waals surface area contributed by atoms with Gasteiger partial charge in [0.2, 0.25) is 5.91 Å². The highest BCUT2D eigenvalue weighted by Crippen LogP contribution is 2.18. The Kier molecular flexibility index (Phi) is 5.80. The van der Waals surface area contributed by atoms with Gasteiger partial charge in [-0.3, -0.25) is 9.69 Å². The van der Waals surface area contributed by atoms with Gasteiger partial charge in [0, 0.05) is 31.0 Å². The molecule has 0 spiro atoms. The Hall–Kier alpha value is -2.93. The SMILES string of the molecule is O=C(CN1CCC(Nc2ncccc2C(=O)O)CC1)Nc1ccccc1. The lowest BCUT2D eigenvalue weighted by Crippen LogP contribution is -2.42. The molecule has 7 nitrogen and oxygen atoms in total. The number of amides is 1. The van der Waals surface area contributed by atoms with Crippen molar-refractivity contribution in [2.24, 2.45) is 0 Å². The summed E-state index contributed by atoms with van der Waals surface area (Å²) in [7, 11) is 0. The molecule has 1 aliphatic heterocycles. The minimum absolute atomic E-state index is 0.0273. The van der Waals surface area contributed by atoms with E-state index in [2.05, 4.69) is 20.5 Å². The summed E-state index contributed by atoms with van der Waals surface area (Å²) in [5.41, 5.74) is 0.975. The molecule has 1 aromatic carbocycles. The molecule has 0 saturated carbocycles. The molecule has 3 rings (SSSR count). The highest BCUT2D eigenvalue weighted by atomic mass is 16.4. The molecule has 0 atom stereocenters. The van der Waals surface area contributed by atoms with Gasteiger partial charge in [0.25, 0.3) is 0 Å². The molecule has 26 heavy (non-hydrogen) atoms. The van der Waals surface area contributed by atoms with Crippen LogP contribution in [0.4, 0.5) is 11.5 Å². The number of pyridine rings is 1. The van der Waals surface area contributed by atoms with Crippen LogP contribution in [0.25, 0.3) is 0 Å². The summed E-state index contributed by atoms with van der Waals surface area (Å²) in [6, 6.07) is 12.7. The van der Waals surface area contributed by atoms with Crippen molar-refractivity contribution < 1.29 is 14.7 Å². The lowest BCUT2D eigenvalue weighted by molar-refractivity contribution is -0.117. The minimum Gasteiger partial charge on any atom is -0.478 e. The van der Waals surface area contributed by atoms with Crippen LogP contribution < -0.4 is 10.6 Å². The number of piperidine rings is 1. The van der Waals surface area contributed by atoms with Crippen molar-refractivity contribution in [3.63, 3.8) is 0 Å². The Labute approximate surface area is 152 Å². The van der Waals surface area contributed by atoms with Crippen LogP contribution in [-0.2, 0) is 4.79 Å². The van der Waals surface area contributed by atoms with E-state index in [0.29, 0.717) is 12.4 Å². The van der Waals surface area contributed by atoms with Crippen molar-refractivity contribution in [2.75, 3.05) is 30.3 Å². The average Bonchev–Trinajstić information content (AvgIpc) is 2.64. The van der Waals surface area contributed by atoms with Crippen LogP contribution in [0, 0.1) is 0 Å². The van der Waals surface area contributed by atoms with Gasteiger partial charge in [-0.2, -0.15) is 0 Å². The second-order valence-corrected chi connectivity index (χ2v) is 6.31. The molecule has 7 heteroatoms. The first-order valence-corrected chi connectivity index (χ1v) is 8.64. The van der Waals surface area contributed by atoms with Crippen LogP contribution in [0.1, 0.15) is 23.2 Å². The molecule has 0 radical (unpaired) electrons. The first-order chi connectivity index (χ1) is 12.6. The topological polar surface area (TPSA) is 94.6 Å². The summed E-state index contributed by atoms with van der Waals surface area (Å²) in [5, 5.41) is 15.3. The van der Waals surface area contributed by atoms with Gasteiger partial charge in [-0.1, -0.05) is 18.2 Å². The Morgan fingerprint density at radius 2 is 1.85 bits per heavy atom. The lowest BCUT2D eigenvalue weighted by atomic mass is 10.0. The third-order valence-corrected chi connectivity index (χ3v) is 4.39. The quantitative estimate of drug-likeness (QED) is 0.737. The van der Waals surface area contributed by atoms with E-state index >= 15 is 0 Å². The third kappa shape index (κ3) is 4.80. The van der Waals surface area contributed by atoms with Crippen LogP contribution in [-0.4, -0.2) is 52.5 Å². The molecule has 1 amide bonds. The van der Waals surface area contributed by atoms with E-state index < -0.39 is 5.97 Å². The zero-order chi connectivity index (χ0) is 18.4. The third-order valence-electron chi connectivity index (χ3n) is 4.39. The van der Waals surface area contributed by atoms with Gasteiger partial charge in [-0.25, -0.2) is 9.78 Å². The molecule has 0 bridgehead atoms. The van der Waals surface area contributed by atoms with Crippen LogP contribution in [0.15, 0.2) is 48.7 Å². The molecule has 2 heterocycles. The van der Waals surface area contributed by atoms with Crippen LogP contribution in [0.2, 0.25) is 0 Å². The smallest absolute Gasteiger partial charge is 0.339 e. The molecule has 0 unspecified atom stereocenters. The fourth-order valence-corrected chi connectivity index (χ4v) is 3.05. The molecule has 1 fully saturated rings. The zero-order valence-corrected chi connectivity index (χ0v) is 14.4. The first kappa shape index (κ1) is 17.9.